The van der Waals surface area contributed by atoms with Gasteiger partial charge in [-0.25, -0.2) is 0 Å². The molecule has 1 aliphatic heterocycles. The van der Waals surface area contributed by atoms with Crippen molar-refractivity contribution in [3.05, 3.63) is 34.3 Å². The summed E-state index contributed by atoms with van der Waals surface area (Å²) in [7, 11) is 1.51. The summed E-state index contributed by atoms with van der Waals surface area (Å²) in [5, 5.41) is 2.78. The molecular formula is C15H17BrN6O2. The molecule has 1 aliphatic rings. The van der Waals surface area contributed by atoms with Gasteiger partial charge in [0.2, 0.25) is 5.95 Å². The zero-order chi connectivity index (χ0) is 16.9. The molecule has 0 unspecified atom stereocenters. The fourth-order valence-corrected chi connectivity index (χ4v) is 2.78. The molecular weight excluding hydrogens is 376 g/mol. The fourth-order valence-electron chi connectivity index (χ4n) is 2.41. The minimum absolute atomic E-state index is 0.186. The molecule has 3 heterocycles. The Morgan fingerprint density at radius 3 is 2.79 bits per heavy atom. The fraction of sp³-hybridized carbons (Fsp3) is 0.400. The average Bonchev–Trinajstić information content (AvgIpc) is 3.14. The zero-order valence-electron chi connectivity index (χ0n) is 13.2. The van der Waals surface area contributed by atoms with E-state index in [4.69, 9.17) is 4.74 Å². The zero-order valence-corrected chi connectivity index (χ0v) is 14.8. The van der Waals surface area contributed by atoms with E-state index in [1.54, 1.807) is 12.3 Å². The van der Waals surface area contributed by atoms with Crippen molar-refractivity contribution in [3.63, 3.8) is 0 Å². The van der Waals surface area contributed by atoms with Crippen molar-refractivity contribution >= 4 is 27.8 Å². The van der Waals surface area contributed by atoms with Crippen LogP contribution in [0.4, 0.5) is 5.95 Å². The summed E-state index contributed by atoms with van der Waals surface area (Å²) >= 11 is 3.30. The van der Waals surface area contributed by atoms with Gasteiger partial charge < -0.3 is 15.0 Å². The summed E-state index contributed by atoms with van der Waals surface area (Å²) in [5.74, 6) is 0.804. The summed E-state index contributed by atoms with van der Waals surface area (Å²) in [5.41, 5.74) is 0.463. The number of hydrogen-bond acceptors (Lipinski definition) is 7. The summed E-state index contributed by atoms with van der Waals surface area (Å²) in [6.07, 6.45) is 5.37. The van der Waals surface area contributed by atoms with Crippen LogP contribution in [0.5, 0.6) is 6.01 Å². The normalized spacial score (nSPS) is 13.8. The highest BCUT2D eigenvalue weighted by molar-refractivity contribution is 9.10. The number of rotatable bonds is 5. The Morgan fingerprint density at radius 1 is 1.29 bits per heavy atom. The third kappa shape index (κ3) is 3.97. The molecule has 0 bridgehead atoms. The lowest BCUT2D eigenvalue weighted by molar-refractivity contribution is 0.0949. The number of aromatic nitrogens is 4. The molecule has 2 aromatic heterocycles. The van der Waals surface area contributed by atoms with Gasteiger partial charge in [0.05, 0.1) is 19.2 Å². The highest BCUT2D eigenvalue weighted by Crippen LogP contribution is 2.17. The van der Waals surface area contributed by atoms with Gasteiger partial charge in [0, 0.05) is 30.0 Å². The highest BCUT2D eigenvalue weighted by Gasteiger charge is 2.18. The molecule has 1 N–H and O–H groups in total. The van der Waals surface area contributed by atoms with E-state index in [-0.39, 0.29) is 18.5 Å². The van der Waals surface area contributed by atoms with Crippen molar-refractivity contribution in [2.45, 2.75) is 19.4 Å². The monoisotopic (exact) mass is 392 g/mol. The standard InChI is InChI=1S/C15H17BrN6O2/c1-24-15-20-12(19-14(21-15)22-4-2-3-5-22)9-18-13(23)10-6-11(16)8-17-7-10/h6-8H,2-5,9H2,1H3,(H,18,23). The number of halogens is 1. The minimum Gasteiger partial charge on any atom is -0.467 e. The lowest BCUT2D eigenvalue weighted by Crippen LogP contribution is -2.26. The Bertz CT molecular complexity index is 736. The van der Waals surface area contributed by atoms with Crippen molar-refractivity contribution in [1.29, 1.82) is 0 Å². The summed E-state index contributed by atoms with van der Waals surface area (Å²) in [4.78, 5) is 31.2. The molecule has 3 rings (SSSR count). The van der Waals surface area contributed by atoms with Crippen molar-refractivity contribution < 1.29 is 9.53 Å². The molecule has 1 fully saturated rings. The van der Waals surface area contributed by atoms with E-state index < -0.39 is 0 Å². The Hall–Kier alpha value is -2.29. The maximum Gasteiger partial charge on any atom is 0.321 e. The van der Waals surface area contributed by atoms with Gasteiger partial charge in [0.15, 0.2) is 5.82 Å². The summed E-state index contributed by atoms with van der Waals surface area (Å²) < 4.78 is 5.89. The second-order valence-corrected chi connectivity index (χ2v) is 6.22. The molecule has 8 nitrogen and oxygen atoms in total. The Kier molecular flexibility index (Phi) is 5.19. The van der Waals surface area contributed by atoms with E-state index in [1.807, 2.05) is 0 Å². The van der Waals surface area contributed by atoms with Crippen LogP contribution >= 0.6 is 15.9 Å². The van der Waals surface area contributed by atoms with E-state index in [0.717, 1.165) is 30.4 Å². The molecule has 2 aromatic rings. The summed E-state index contributed by atoms with van der Waals surface area (Å²) in [6, 6.07) is 1.95. The number of carbonyl (C=O) groups excluding carboxylic acids is 1. The number of ether oxygens (including phenoxy) is 1. The number of anilines is 1. The third-order valence-electron chi connectivity index (χ3n) is 3.60. The first-order valence-electron chi connectivity index (χ1n) is 7.58. The number of carbonyl (C=O) groups is 1. The molecule has 0 aromatic carbocycles. The first-order chi connectivity index (χ1) is 11.7. The molecule has 0 spiro atoms. The van der Waals surface area contributed by atoms with Gasteiger partial charge in [0.1, 0.15) is 0 Å². The first-order valence-corrected chi connectivity index (χ1v) is 8.37. The second kappa shape index (κ2) is 7.52. The predicted octanol–water partition coefficient (Wildman–Crippen LogP) is 1.57. The van der Waals surface area contributed by atoms with Crippen molar-refractivity contribution in [2.24, 2.45) is 0 Å². The van der Waals surface area contributed by atoms with Crippen molar-refractivity contribution in [2.75, 3.05) is 25.1 Å². The molecule has 0 radical (unpaired) electrons. The number of pyridine rings is 1. The number of methoxy groups -OCH3 is 1. The lowest BCUT2D eigenvalue weighted by Gasteiger charge is -2.16. The van der Waals surface area contributed by atoms with Crippen LogP contribution < -0.4 is 15.0 Å². The molecule has 1 amide bonds. The largest absolute Gasteiger partial charge is 0.467 e. The number of hydrogen-bond donors (Lipinski definition) is 1. The van der Waals surface area contributed by atoms with E-state index in [2.05, 4.69) is 46.1 Å². The van der Waals surface area contributed by atoms with E-state index in [0.29, 0.717) is 17.3 Å². The van der Waals surface area contributed by atoms with Crippen LogP contribution in [0.15, 0.2) is 22.9 Å². The van der Waals surface area contributed by atoms with Crippen LogP contribution in [-0.2, 0) is 6.54 Å². The maximum absolute atomic E-state index is 12.2. The van der Waals surface area contributed by atoms with Gasteiger partial charge in [-0.1, -0.05) is 0 Å². The SMILES string of the molecule is COc1nc(CNC(=O)c2cncc(Br)c2)nc(N2CCCC2)n1. The molecule has 9 heteroatoms. The molecule has 1 saturated heterocycles. The molecule has 24 heavy (non-hydrogen) atoms. The average molecular weight is 393 g/mol. The van der Waals surface area contributed by atoms with Gasteiger partial charge in [-0.2, -0.15) is 15.0 Å². The van der Waals surface area contributed by atoms with Crippen LogP contribution in [-0.4, -0.2) is 46.0 Å². The van der Waals surface area contributed by atoms with E-state index in [9.17, 15) is 4.79 Å². The third-order valence-corrected chi connectivity index (χ3v) is 4.03. The van der Waals surface area contributed by atoms with Gasteiger partial charge in [-0.3, -0.25) is 9.78 Å². The van der Waals surface area contributed by atoms with Crippen LogP contribution in [0.1, 0.15) is 29.0 Å². The van der Waals surface area contributed by atoms with Crippen LogP contribution in [0.25, 0.3) is 0 Å². The predicted molar refractivity (Wildman–Crippen MR) is 90.9 cm³/mol. The van der Waals surface area contributed by atoms with Gasteiger partial charge >= 0.3 is 6.01 Å². The lowest BCUT2D eigenvalue weighted by atomic mass is 10.3. The van der Waals surface area contributed by atoms with Crippen LogP contribution in [0, 0.1) is 0 Å². The summed E-state index contributed by atoms with van der Waals surface area (Å²) in [6.45, 7) is 2.02. The Balaban J connectivity index is 1.72. The van der Waals surface area contributed by atoms with Crippen LogP contribution in [0.3, 0.4) is 0 Å². The maximum atomic E-state index is 12.2. The number of nitrogens with zero attached hydrogens (tertiary/aromatic N) is 5. The molecule has 0 aliphatic carbocycles. The van der Waals surface area contributed by atoms with E-state index in [1.165, 1.54) is 13.3 Å². The van der Waals surface area contributed by atoms with Gasteiger partial charge in [-0.05, 0) is 34.8 Å². The Morgan fingerprint density at radius 2 is 2.08 bits per heavy atom. The second-order valence-electron chi connectivity index (χ2n) is 5.31. The topological polar surface area (TPSA) is 93.1 Å². The van der Waals surface area contributed by atoms with Crippen molar-refractivity contribution in [3.8, 4) is 6.01 Å². The minimum atomic E-state index is -0.245. The van der Waals surface area contributed by atoms with Gasteiger partial charge in [-0.15, -0.1) is 0 Å². The van der Waals surface area contributed by atoms with Crippen molar-refractivity contribution in [1.82, 2.24) is 25.3 Å². The molecule has 0 atom stereocenters. The van der Waals surface area contributed by atoms with Crippen LogP contribution in [0.2, 0.25) is 0 Å². The highest BCUT2D eigenvalue weighted by atomic mass is 79.9. The molecule has 126 valence electrons. The Labute approximate surface area is 147 Å². The number of nitrogens with one attached hydrogen (secondary N) is 1. The van der Waals surface area contributed by atoms with Gasteiger partial charge in [0.25, 0.3) is 5.91 Å². The smallest absolute Gasteiger partial charge is 0.321 e. The number of amides is 1. The molecule has 0 saturated carbocycles. The van der Waals surface area contributed by atoms with E-state index >= 15 is 0 Å². The quantitative estimate of drug-likeness (QED) is 0.824. The first kappa shape index (κ1) is 16.6.